The van der Waals surface area contributed by atoms with Gasteiger partial charge in [0, 0.05) is 20.1 Å². The van der Waals surface area contributed by atoms with Crippen LogP contribution in [0.5, 0.6) is 5.75 Å². The molecule has 1 unspecified atom stereocenters. The molecule has 2 aromatic rings. The van der Waals surface area contributed by atoms with E-state index in [2.05, 4.69) is 0 Å². The lowest BCUT2D eigenvalue weighted by Crippen LogP contribution is -2.47. The number of ether oxygens (including phenoxy) is 1. The number of hydrogen-bond acceptors (Lipinski definition) is 4. The molecular weight excluding hydrogens is 323 g/mol. The minimum atomic E-state index is -0.699. The topological polar surface area (TPSA) is 53.0 Å². The van der Waals surface area contributed by atoms with Gasteiger partial charge in [0.05, 0.1) is 18.0 Å². The van der Waals surface area contributed by atoms with Gasteiger partial charge in [-0.3, -0.25) is 4.79 Å². The van der Waals surface area contributed by atoms with Crippen LogP contribution in [0.2, 0.25) is 0 Å². The second-order valence-corrected chi connectivity index (χ2v) is 6.11. The van der Waals surface area contributed by atoms with Crippen molar-refractivity contribution in [1.82, 2.24) is 0 Å². The van der Waals surface area contributed by atoms with Crippen molar-refractivity contribution in [3.63, 3.8) is 0 Å². The molecule has 6 heteroatoms. The van der Waals surface area contributed by atoms with Crippen molar-refractivity contribution in [2.45, 2.75) is 19.6 Å². The van der Waals surface area contributed by atoms with Crippen LogP contribution in [0.15, 0.2) is 42.5 Å². The molecule has 0 saturated carbocycles. The van der Waals surface area contributed by atoms with E-state index in [0.29, 0.717) is 30.2 Å². The number of carbonyl (C=O) groups is 1. The van der Waals surface area contributed by atoms with Crippen LogP contribution < -0.4 is 14.5 Å². The number of benzene rings is 2. The molecule has 0 spiro atoms. The maximum Gasteiger partial charge on any atom is 0.267 e. The highest BCUT2D eigenvalue weighted by atomic mass is 19.1. The lowest BCUT2D eigenvalue weighted by atomic mass is 10.1. The fourth-order valence-corrected chi connectivity index (χ4v) is 2.94. The molecule has 1 N–H and O–H groups in total. The Kier molecular flexibility index (Phi) is 4.90. The maximum atomic E-state index is 13.5. The Morgan fingerprint density at radius 3 is 2.80 bits per heavy atom. The summed E-state index contributed by atoms with van der Waals surface area (Å²) in [6.45, 7) is 2.74. The van der Waals surface area contributed by atoms with Gasteiger partial charge < -0.3 is 19.6 Å². The lowest BCUT2D eigenvalue weighted by molar-refractivity contribution is -0.124. The van der Waals surface area contributed by atoms with Crippen molar-refractivity contribution < 1.29 is 19.0 Å². The van der Waals surface area contributed by atoms with E-state index < -0.39 is 6.10 Å². The van der Waals surface area contributed by atoms with Gasteiger partial charge in [-0.25, -0.2) is 4.39 Å². The Morgan fingerprint density at radius 1 is 1.24 bits per heavy atom. The molecule has 1 heterocycles. The number of amides is 1. The summed E-state index contributed by atoms with van der Waals surface area (Å²) < 4.78 is 19.3. The molecule has 0 fully saturated rings. The van der Waals surface area contributed by atoms with Crippen molar-refractivity contribution in [2.24, 2.45) is 0 Å². The number of aliphatic hydroxyl groups excluding tert-OH is 1. The molecule has 0 radical (unpaired) electrons. The first-order valence-electron chi connectivity index (χ1n) is 8.18. The SMILES string of the molecule is CC(Oc1cccc(CO)c1)C(=O)N1CCN(C)c2cc(F)ccc21. The Morgan fingerprint density at radius 2 is 2.04 bits per heavy atom. The third-order valence-corrected chi connectivity index (χ3v) is 4.31. The number of aliphatic hydroxyl groups is 1. The molecule has 0 saturated heterocycles. The zero-order chi connectivity index (χ0) is 18.0. The Hall–Kier alpha value is -2.60. The van der Waals surface area contributed by atoms with Crippen LogP contribution in [0.3, 0.4) is 0 Å². The van der Waals surface area contributed by atoms with Crippen LogP contribution in [-0.4, -0.2) is 37.3 Å². The van der Waals surface area contributed by atoms with Gasteiger partial charge in [0.15, 0.2) is 6.10 Å². The van der Waals surface area contributed by atoms with E-state index in [1.165, 1.54) is 12.1 Å². The average Bonchev–Trinajstić information content (AvgIpc) is 2.62. The van der Waals surface area contributed by atoms with Crippen molar-refractivity contribution in [3.8, 4) is 5.75 Å². The van der Waals surface area contributed by atoms with E-state index in [0.717, 1.165) is 5.56 Å². The van der Waals surface area contributed by atoms with E-state index in [4.69, 9.17) is 4.74 Å². The van der Waals surface area contributed by atoms with Gasteiger partial charge in [-0.05, 0) is 42.8 Å². The summed E-state index contributed by atoms with van der Waals surface area (Å²) >= 11 is 0. The minimum absolute atomic E-state index is 0.0864. The molecule has 132 valence electrons. The van der Waals surface area contributed by atoms with Gasteiger partial charge >= 0.3 is 0 Å². The standard InChI is InChI=1S/C19H21FN2O3/c1-13(25-16-5-3-4-14(10-16)12-23)19(24)22-9-8-21(2)18-11-15(20)6-7-17(18)22/h3-7,10-11,13,23H,8-9,12H2,1-2H3. The van der Waals surface area contributed by atoms with E-state index in [1.54, 1.807) is 42.2 Å². The monoisotopic (exact) mass is 344 g/mol. The second-order valence-electron chi connectivity index (χ2n) is 6.11. The largest absolute Gasteiger partial charge is 0.481 e. The highest BCUT2D eigenvalue weighted by Gasteiger charge is 2.29. The van der Waals surface area contributed by atoms with Gasteiger partial charge in [-0.15, -0.1) is 0 Å². The van der Waals surface area contributed by atoms with Gasteiger partial charge in [0.25, 0.3) is 5.91 Å². The number of nitrogens with zero attached hydrogens (tertiary/aromatic N) is 2. The summed E-state index contributed by atoms with van der Waals surface area (Å²) in [4.78, 5) is 16.4. The number of rotatable bonds is 4. The quantitative estimate of drug-likeness (QED) is 0.926. The Labute approximate surface area is 146 Å². The number of anilines is 2. The fourth-order valence-electron chi connectivity index (χ4n) is 2.94. The van der Waals surface area contributed by atoms with Crippen molar-refractivity contribution in [1.29, 1.82) is 0 Å². The van der Waals surface area contributed by atoms with E-state index in [9.17, 15) is 14.3 Å². The minimum Gasteiger partial charge on any atom is -0.481 e. The smallest absolute Gasteiger partial charge is 0.267 e. The molecule has 0 bridgehead atoms. The summed E-state index contributed by atoms with van der Waals surface area (Å²) in [5.74, 6) is 0.0150. The summed E-state index contributed by atoms with van der Waals surface area (Å²) in [5, 5.41) is 9.20. The van der Waals surface area contributed by atoms with Gasteiger partial charge in [-0.1, -0.05) is 12.1 Å². The molecule has 5 nitrogen and oxygen atoms in total. The molecular formula is C19H21FN2O3. The van der Waals surface area contributed by atoms with Crippen LogP contribution in [0, 0.1) is 5.82 Å². The maximum absolute atomic E-state index is 13.5. The highest BCUT2D eigenvalue weighted by Crippen LogP contribution is 2.33. The molecule has 1 aliphatic heterocycles. The third kappa shape index (κ3) is 3.58. The summed E-state index contributed by atoms with van der Waals surface area (Å²) in [6, 6.07) is 11.4. The van der Waals surface area contributed by atoms with Crippen LogP contribution in [0.1, 0.15) is 12.5 Å². The molecule has 25 heavy (non-hydrogen) atoms. The van der Waals surface area contributed by atoms with Crippen molar-refractivity contribution in [2.75, 3.05) is 29.9 Å². The summed E-state index contributed by atoms with van der Waals surface area (Å²) in [6.07, 6.45) is -0.699. The van der Waals surface area contributed by atoms with Crippen LogP contribution >= 0.6 is 0 Å². The normalized spacial score (nSPS) is 14.9. The lowest BCUT2D eigenvalue weighted by Gasteiger charge is -2.36. The number of halogens is 1. The molecule has 0 aromatic heterocycles. The van der Waals surface area contributed by atoms with Crippen LogP contribution in [-0.2, 0) is 11.4 Å². The first-order valence-corrected chi connectivity index (χ1v) is 8.18. The van der Waals surface area contributed by atoms with Crippen molar-refractivity contribution >= 4 is 17.3 Å². The average molecular weight is 344 g/mol. The van der Waals surface area contributed by atoms with Crippen molar-refractivity contribution in [3.05, 3.63) is 53.8 Å². The number of likely N-dealkylation sites (N-methyl/N-ethyl adjacent to an activating group) is 1. The first kappa shape index (κ1) is 17.2. The molecule has 0 aliphatic carbocycles. The molecule has 1 aliphatic rings. The number of fused-ring (bicyclic) bond motifs is 1. The zero-order valence-corrected chi connectivity index (χ0v) is 14.3. The molecule has 1 amide bonds. The summed E-state index contributed by atoms with van der Waals surface area (Å²) in [5.41, 5.74) is 2.09. The summed E-state index contributed by atoms with van der Waals surface area (Å²) in [7, 11) is 1.88. The number of hydrogen-bond donors (Lipinski definition) is 1. The highest BCUT2D eigenvalue weighted by molar-refractivity contribution is 6.00. The zero-order valence-electron chi connectivity index (χ0n) is 14.3. The predicted octanol–water partition coefficient (Wildman–Crippen LogP) is 2.57. The molecule has 3 rings (SSSR count). The van der Waals surface area contributed by atoms with E-state index >= 15 is 0 Å². The predicted molar refractivity (Wildman–Crippen MR) is 94.5 cm³/mol. The van der Waals surface area contributed by atoms with E-state index in [-0.39, 0.29) is 18.3 Å². The van der Waals surface area contributed by atoms with Crippen LogP contribution in [0.4, 0.5) is 15.8 Å². The van der Waals surface area contributed by atoms with Gasteiger partial charge in [-0.2, -0.15) is 0 Å². The first-order chi connectivity index (χ1) is 12.0. The Bertz CT molecular complexity index is 781. The fraction of sp³-hybridized carbons (Fsp3) is 0.316. The molecule has 1 atom stereocenters. The third-order valence-electron chi connectivity index (χ3n) is 4.31. The van der Waals surface area contributed by atoms with Gasteiger partial charge in [0.1, 0.15) is 11.6 Å². The number of carbonyl (C=O) groups excluding carboxylic acids is 1. The Balaban J connectivity index is 1.80. The molecule has 2 aromatic carbocycles. The van der Waals surface area contributed by atoms with Gasteiger partial charge in [0.2, 0.25) is 0 Å². The second kappa shape index (κ2) is 7.11. The van der Waals surface area contributed by atoms with E-state index in [1.807, 2.05) is 11.9 Å². The van der Waals surface area contributed by atoms with Crippen LogP contribution in [0.25, 0.3) is 0 Å².